The van der Waals surface area contributed by atoms with Gasteiger partial charge in [0.2, 0.25) is 11.8 Å². The molecule has 29 heavy (non-hydrogen) atoms. The number of nitro groups is 1. The summed E-state index contributed by atoms with van der Waals surface area (Å²) >= 11 is 1.16. The summed E-state index contributed by atoms with van der Waals surface area (Å²) in [5.74, 6) is -0.0157. The predicted molar refractivity (Wildman–Crippen MR) is 104 cm³/mol. The van der Waals surface area contributed by atoms with E-state index in [2.05, 4.69) is 15.5 Å². The van der Waals surface area contributed by atoms with Gasteiger partial charge in [0, 0.05) is 30.3 Å². The van der Waals surface area contributed by atoms with E-state index in [9.17, 15) is 19.7 Å². The molecule has 1 N–H and O–H groups in total. The molecule has 0 bridgehead atoms. The molecule has 0 saturated carbocycles. The fourth-order valence-corrected chi connectivity index (χ4v) is 3.73. The molecule has 10 nitrogen and oxygen atoms in total. The lowest BCUT2D eigenvalue weighted by atomic mass is 10.1. The van der Waals surface area contributed by atoms with Crippen molar-refractivity contribution in [2.24, 2.45) is 0 Å². The number of carbonyl (C=O) groups is 2. The third kappa shape index (κ3) is 5.31. The summed E-state index contributed by atoms with van der Waals surface area (Å²) in [6, 6.07) is 4.32. The van der Waals surface area contributed by atoms with E-state index >= 15 is 0 Å². The molecule has 1 fully saturated rings. The Hall–Kier alpha value is -2.95. The Morgan fingerprint density at radius 3 is 2.76 bits per heavy atom. The molecule has 0 aliphatic carbocycles. The number of nitrogens with one attached hydrogen (secondary N) is 1. The van der Waals surface area contributed by atoms with Crippen molar-refractivity contribution in [1.29, 1.82) is 0 Å². The molecule has 2 aromatic rings. The second-order valence-electron chi connectivity index (χ2n) is 6.58. The van der Waals surface area contributed by atoms with Crippen molar-refractivity contribution in [3.63, 3.8) is 0 Å². The standard InChI is InChI=1S/C18H21N5O5S/c1-12-13(6-5-7-14(12)23(26)27)17(25)19-10-15-20-21-18(28-15)29-11-16(24)22-8-3-2-4-9-22/h5-7H,2-4,8-11H2,1H3,(H,19,25). The summed E-state index contributed by atoms with van der Waals surface area (Å²) in [5.41, 5.74) is 0.376. The minimum Gasteiger partial charge on any atom is -0.414 e. The number of carbonyl (C=O) groups excluding carboxylic acids is 2. The van der Waals surface area contributed by atoms with Crippen LogP contribution in [0.25, 0.3) is 0 Å². The minimum atomic E-state index is -0.529. The molecule has 1 aliphatic rings. The first kappa shape index (κ1) is 20.8. The molecule has 2 amide bonds. The zero-order chi connectivity index (χ0) is 20.8. The highest BCUT2D eigenvalue weighted by Gasteiger charge is 2.20. The van der Waals surface area contributed by atoms with E-state index in [4.69, 9.17) is 4.42 Å². The maximum Gasteiger partial charge on any atom is 0.277 e. The summed E-state index contributed by atoms with van der Waals surface area (Å²) in [6.07, 6.45) is 3.22. The molecule has 1 aliphatic heterocycles. The molecule has 1 aromatic carbocycles. The Labute approximate surface area is 171 Å². The second-order valence-corrected chi connectivity index (χ2v) is 7.51. The van der Waals surface area contributed by atoms with Crippen LogP contribution in [0.5, 0.6) is 0 Å². The minimum absolute atomic E-state index is 0.0192. The smallest absolute Gasteiger partial charge is 0.277 e. The number of thioether (sulfide) groups is 1. The van der Waals surface area contributed by atoms with Crippen LogP contribution in [0, 0.1) is 17.0 Å². The van der Waals surface area contributed by atoms with E-state index in [0.29, 0.717) is 0 Å². The van der Waals surface area contributed by atoms with Crippen molar-refractivity contribution in [1.82, 2.24) is 20.4 Å². The van der Waals surface area contributed by atoms with E-state index in [0.717, 1.165) is 44.1 Å². The van der Waals surface area contributed by atoms with Crippen LogP contribution in [0.3, 0.4) is 0 Å². The molecular weight excluding hydrogens is 398 g/mol. The quantitative estimate of drug-likeness (QED) is 0.411. The Kier molecular flexibility index (Phi) is 6.81. The number of aromatic nitrogens is 2. The van der Waals surface area contributed by atoms with Crippen molar-refractivity contribution in [3.05, 3.63) is 45.3 Å². The van der Waals surface area contributed by atoms with Crippen LogP contribution in [0.1, 0.15) is 41.1 Å². The van der Waals surface area contributed by atoms with Crippen LogP contribution in [0.4, 0.5) is 5.69 Å². The highest BCUT2D eigenvalue weighted by molar-refractivity contribution is 7.99. The lowest BCUT2D eigenvalue weighted by Gasteiger charge is -2.26. The first-order chi connectivity index (χ1) is 14.0. The fraction of sp³-hybridized carbons (Fsp3) is 0.444. The van der Waals surface area contributed by atoms with Gasteiger partial charge in [-0.3, -0.25) is 19.7 Å². The summed E-state index contributed by atoms with van der Waals surface area (Å²) in [6.45, 7) is 3.08. The van der Waals surface area contributed by atoms with E-state index in [1.54, 1.807) is 0 Å². The average molecular weight is 419 g/mol. The van der Waals surface area contributed by atoms with Crippen LogP contribution < -0.4 is 5.32 Å². The molecule has 1 saturated heterocycles. The van der Waals surface area contributed by atoms with Gasteiger partial charge in [-0.15, -0.1) is 10.2 Å². The number of hydrogen-bond acceptors (Lipinski definition) is 8. The number of hydrogen-bond donors (Lipinski definition) is 1. The van der Waals surface area contributed by atoms with Crippen molar-refractivity contribution in [3.8, 4) is 0 Å². The number of piperidine rings is 1. The van der Waals surface area contributed by atoms with Gasteiger partial charge in [-0.1, -0.05) is 17.8 Å². The fourth-order valence-electron chi connectivity index (χ4n) is 3.04. The first-order valence-electron chi connectivity index (χ1n) is 9.21. The van der Waals surface area contributed by atoms with Gasteiger partial charge in [0.15, 0.2) is 0 Å². The molecule has 0 spiro atoms. The molecule has 0 atom stereocenters. The summed E-state index contributed by atoms with van der Waals surface area (Å²) in [7, 11) is 0. The molecule has 154 valence electrons. The van der Waals surface area contributed by atoms with Crippen LogP contribution in [0.2, 0.25) is 0 Å². The predicted octanol–water partition coefficient (Wildman–Crippen LogP) is 2.32. The number of nitrogens with zero attached hydrogens (tertiary/aromatic N) is 4. The van der Waals surface area contributed by atoms with Gasteiger partial charge < -0.3 is 14.6 Å². The van der Waals surface area contributed by atoms with E-state index in [1.807, 2.05) is 4.90 Å². The Morgan fingerprint density at radius 2 is 2.03 bits per heavy atom. The Balaban J connectivity index is 1.51. The molecule has 3 rings (SSSR count). The van der Waals surface area contributed by atoms with Crippen LogP contribution in [0.15, 0.2) is 27.8 Å². The maximum absolute atomic E-state index is 12.3. The monoisotopic (exact) mass is 419 g/mol. The number of nitro benzene ring substituents is 1. The largest absolute Gasteiger partial charge is 0.414 e. The van der Waals surface area contributed by atoms with Gasteiger partial charge in [-0.2, -0.15) is 0 Å². The maximum atomic E-state index is 12.3. The van der Waals surface area contributed by atoms with Crippen LogP contribution in [-0.4, -0.2) is 50.7 Å². The lowest BCUT2D eigenvalue weighted by molar-refractivity contribution is -0.385. The second kappa shape index (κ2) is 9.50. The zero-order valence-corrected chi connectivity index (χ0v) is 16.7. The summed E-state index contributed by atoms with van der Waals surface area (Å²) in [5, 5.41) is 21.6. The highest BCUT2D eigenvalue weighted by Crippen LogP contribution is 2.21. The molecule has 1 aromatic heterocycles. The van der Waals surface area contributed by atoms with E-state index in [-0.39, 0.29) is 46.1 Å². The van der Waals surface area contributed by atoms with Crippen molar-refractivity contribution < 1.29 is 18.9 Å². The van der Waals surface area contributed by atoms with Crippen LogP contribution in [-0.2, 0) is 11.3 Å². The van der Waals surface area contributed by atoms with E-state index in [1.165, 1.54) is 25.1 Å². The van der Waals surface area contributed by atoms with Gasteiger partial charge >= 0.3 is 0 Å². The third-order valence-electron chi connectivity index (χ3n) is 4.62. The Morgan fingerprint density at radius 1 is 1.28 bits per heavy atom. The third-order valence-corrected chi connectivity index (χ3v) is 5.43. The summed E-state index contributed by atoms with van der Waals surface area (Å²) < 4.78 is 5.45. The van der Waals surface area contributed by atoms with Gasteiger partial charge in [-0.05, 0) is 32.3 Å². The SMILES string of the molecule is Cc1c(C(=O)NCc2nnc(SCC(=O)N3CCCCC3)o2)cccc1[N+](=O)[O-]. The van der Waals surface area contributed by atoms with E-state index < -0.39 is 10.8 Å². The molecule has 0 radical (unpaired) electrons. The lowest BCUT2D eigenvalue weighted by Crippen LogP contribution is -2.36. The molecule has 11 heteroatoms. The van der Waals surface area contributed by atoms with Gasteiger partial charge in [-0.25, -0.2) is 0 Å². The van der Waals surface area contributed by atoms with Gasteiger partial charge in [0.25, 0.3) is 16.8 Å². The molecule has 2 heterocycles. The summed E-state index contributed by atoms with van der Waals surface area (Å²) in [4.78, 5) is 36.8. The number of benzene rings is 1. The van der Waals surface area contributed by atoms with Crippen LogP contribution >= 0.6 is 11.8 Å². The van der Waals surface area contributed by atoms with Gasteiger partial charge in [0.05, 0.1) is 17.2 Å². The molecule has 0 unspecified atom stereocenters. The first-order valence-corrected chi connectivity index (χ1v) is 10.2. The van der Waals surface area contributed by atoms with Gasteiger partial charge in [0.1, 0.15) is 0 Å². The highest BCUT2D eigenvalue weighted by atomic mass is 32.2. The normalized spacial score (nSPS) is 13.9. The number of likely N-dealkylation sites (tertiary alicyclic amines) is 1. The van der Waals surface area contributed by atoms with Crippen molar-refractivity contribution in [2.75, 3.05) is 18.8 Å². The van der Waals surface area contributed by atoms with Crippen molar-refractivity contribution >= 4 is 29.3 Å². The molecular formula is C18H21N5O5S. The number of rotatable bonds is 7. The zero-order valence-electron chi connectivity index (χ0n) is 15.9. The topological polar surface area (TPSA) is 131 Å². The van der Waals surface area contributed by atoms with Crippen molar-refractivity contribution in [2.45, 2.75) is 38.0 Å². The average Bonchev–Trinajstić information content (AvgIpc) is 3.18. The Bertz CT molecular complexity index is 910. The number of amides is 2.